The highest BCUT2D eigenvalue weighted by Gasteiger charge is 2.83. The maximum atomic E-state index is 12.7. The summed E-state index contributed by atoms with van der Waals surface area (Å²) in [6.45, 7) is 5.64. The van der Waals surface area contributed by atoms with Gasteiger partial charge in [0.05, 0.1) is 24.0 Å². The number of nitrogens with zero attached hydrogens (tertiary/aromatic N) is 1. The molecule has 8 atom stereocenters. The molecular weight excluding hydrogens is 472 g/mol. The van der Waals surface area contributed by atoms with E-state index in [9.17, 15) is 34.5 Å². The lowest BCUT2D eigenvalue weighted by Gasteiger charge is -2.44. The second-order valence-electron chi connectivity index (χ2n) is 11.3. The largest absolute Gasteiger partial charge is 0.481 e. The molecule has 198 valence electrons. The van der Waals surface area contributed by atoms with E-state index in [0.717, 1.165) is 0 Å². The smallest absolute Gasteiger partial charge is 0.316 e. The van der Waals surface area contributed by atoms with Crippen LogP contribution < -0.4 is 5.43 Å². The lowest BCUT2D eigenvalue weighted by atomic mass is 9.61. The van der Waals surface area contributed by atoms with Crippen LogP contribution in [-0.2, 0) is 23.9 Å². The molecule has 0 aromatic heterocycles. The Balaban J connectivity index is 0.000000237. The number of aliphatic hydroxyl groups excluding tert-OH is 1. The minimum atomic E-state index is -1.27. The summed E-state index contributed by atoms with van der Waals surface area (Å²) in [5.41, 5.74) is -0.865. The highest BCUT2D eigenvalue weighted by molar-refractivity contribution is 5.86. The third kappa shape index (κ3) is 3.51. The standard InChI is InChI=1S/C19H22O6.C6H12N2O3/c1-9-7-17-8-18(9,24)5-3-10(17)19-6-4-11(20)16(2,15(23)25-19)13(19)12(17)14(21)22;1-8(2)7-5(9)3-4-6(10)11/h4,6,10-13,20,24H,1,3,5,7-8H2,2H3,(H,21,22);3-4H2,1-2H3,(H,7,9)(H,10,11)/t10-,11+,12-,13-,16-,17+,18+,19-;/m1./s1. The van der Waals surface area contributed by atoms with E-state index in [-0.39, 0.29) is 24.7 Å². The highest BCUT2D eigenvalue weighted by atomic mass is 16.6. The second kappa shape index (κ2) is 8.39. The summed E-state index contributed by atoms with van der Waals surface area (Å²) in [4.78, 5) is 45.8. The van der Waals surface area contributed by atoms with Crippen molar-refractivity contribution in [3.05, 3.63) is 24.3 Å². The van der Waals surface area contributed by atoms with E-state index in [1.807, 2.05) is 0 Å². The Labute approximate surface area is 208 Å². The number of aliphatic hydroxyl groups is 2. The van der Waals surface area contributed by atoms with Crippen LogP contribution in [0, 0.1) is 28.6 Å². The fourth-order valence-electron chi connectivity index (χ4n) is 7.66. The number of fused-ring (bicyclic) bond motifs is 1. The lowest BCUT2D eigenvalue weighted by Crippen LogP contribution is -2.50. The van der Waals surface area contributed by atoms with Gasteiger partial charge in [0.15, 0.2) is 0 Å². The summed E-state index contributed by atoms with van der Waals surface area (Å²) in [5.74, 6) is -4.42. The average Bonchev–Trinajstić information content (AvgIpc) is 3.19. The summed E-state index contributed by atoms with van der Waals surface area (Å²) in [5, 5.41) is 41.3. The van der Waals surface area contributed by atoms with Gasteiger partial charge < -0.3 is 25.2 Å². The molecule has 11 heteroatoms. The second-order valence-corrected chi connectivity index (χ2v) is 11.3. The minimum Gasteiger partial charge on any atom is -0.481 e. The van der Waals surface area contributed by atoms with Crippen molar-refractivity contribution in [2.75, 3.05) is 14.1 Å². The van der Waals surface area contributed by atoms with Crippen molar-refractivity contribution >= 4 is 23.8 Å². The number of rotatable bonds is 5. The molecule has 11 nitrogen and oxygen atoms in total. The van der Waals surface area contributed by atoms with Crippen molar-refractivity contribution in [2.24, 2.45) is 28.6 Å². The summed E-state index contributed by atoms with van der Waals surface area (Å²) in [6.07, 6.45) is 4.01. The summed E-state index contributed by atoms with van der Waals surface area (Å²) < 4.78 is 5.87. The maximum Gasteiger partial charge on any atom is 0.316 e. The van der Waals surface area contributed by atoms with E-state index < -0.39 is 57.9 Å². The summed E-state index contributed by atoms with van der Waals surface area (Å²) in [6, 6.07) is 0. The van der Waals surface area contributed by atoms with E-state index in [1.165, 1.54) is 5.01 Å². The van der Waals surface area contributed by atoms with E-state index in [2.05, 4.69) is 12.0 Å². The first-order valence-corrected chi connectivity index (χ1v) is 12.1. The third-order valence-corrected chi connectivity index (χ3v) is 9.04. The van der Waals surface area contributed by atoms with Gasteiger partial charge in [-0.3, -0.25) is 24.6 Å². The Hall–Kier alpha value is -2.76. The van der Waals surface area contributed by atoms with Crippen LogP contribution in [0.25, 0.3) is 0 Å². The van der Waals surface area contributed by atoms with Gasteiger partial charge in [-0.05, 0) is 49.7 Å². The number of aliphatic carboxylic acids is 2. The van der Waals surface area contributed by atoms with Crippen LogP contribution in [0.15, 0.2) is 24.3 Å². The van der Waals surface area contributed by atoms with Crippen molar-refractivity contribution in [2.45, 2.75) is 62.8 Å². The number of hydrogen-bond acceptors (Lipinski definition) is 8. The molecule has 36 heavy (non-hydrogen) atoms. The van der Waals surface area contributed by atoms with E-state index in [1.54, 1.807) is 33.2 Å². The quantitative estimate of drug-likeness (QED) is 0.200. The zero-order chi connectivity index (χ0) is 26.8. The van der Waals surface area contributed by atoms with Gasteiger partial charge in [0.25, 0.3) is 0 Å². The van der Waals surface area contributed by atoms with E-state index >= 15 is 0 Å². The molecule has 1 amide bonds. The molecule has 0 radical (unpaired) electrons. The first-order valence-electron chi connectivity index (χ1n) is 12.1. The number of hydrazine groups is 1. The number of amides is 1. The van der Waals surface area contributed by atoms with Crippen molar-refractivity contribution in [1.29, 1.82) is 0 Å². The lowest BCUT2D eigenvalue weighted by molar-refractivity contribution is -0.163. The number of ether oxygens (including phenoxy) is 1. The molecule has 3 saturated carbocycles. The van der Waals surface area contributed by atoms with Crippen LogP contribution >= 0.6 is 0 Å². The zero-order valence-corrected chi connectivity index (χ0v) is 20.7. The van der Waals surface area contributed by atoms with Gasteiger partial charge in [0.2, 0.25) is 5.91 Å². The molecule has 1 aliphatic heterocycles. The number of carbonyl (C=O) groups is 4. The Kier molecular flexibility index (Phi) is 6.13. The van der Waals surface area contributed by atoms with Crippen LogP contribution in [0.4, 0.5) is 0 Å². The average molecular weight is 507 g/mol. The Morgan fingerprint density at radius 3 is 2.50 bits per heavy atom. The van der Waals surface area contributed by atoms with Crippen LogP contribution in [-0.4, -0.2) is 80.7 Å². The van der Waals surface area contributed by atoms with E-state index in [0.29, 0.717) is 31.3 Å². The Morgan fingerprint density at radius 2 is 1.92 bits per heavy atom. The molecule has 1 heterocycles. The first kappa shape index (κ1) is 26.3. The van der Waals surface area contributed by atoms with Crippen LogP contribution in [0.5, 0.6) is 0 Å². The zero-order valence-electron chi connectivity index (χ0n) is 20.7. The molecule has 5 N–H and O–H groups in total. The first-order chi connectivity index (χ1) is 16.6. The number of carboxylic acids is 2. The Morgan fingerprint density at radius 1 is 1.25 bits per heavy atom. The van der Waals surface area contributed by atoms with Crippen molar-refractivity contribution in [3.8, 4) is 0 Å². The summed E-state index contributed by atoms with van der Waals surface area (Å²) in [7, 11) is 3.33. The van der Waals surface area contributed by atoms with Gasteiger partial charge in [-0.1, -0.05) is 12.7 Å². The van der Waals surface area contributed by atoms with Crippen molar-refractivity contribution < 1.29 is 44.3 Å². The minimum absolute atomic E-state index is 0.0213. The normalized spacial score (nSPS) is 43.3. The monoisotopic (exact) mass is 506 g/mol. The van der Waals surface area contributed by atoms with Crippen molar-refractivity contribution in [3.63, 3.8) is 0 Å². The fraction of sp³-hybridized carbons (Fsp3) is 0.680. The predicted molar refractivity (Wildman–Crippen MR) is 124 cm³/mol. The van der Waals surface area contributed by atoms with Gasteiger partial charge in [-0.15, -0.1) is 0 Å². The molecule has 0 aromatic carbocycles. The van der Waals surface area contributed by atoms with Gasteiger partial charge in [-0.2, -0.15) is 0 Å². The van der Waals surface area contributed by atoms with Gasteiger partial charge >= 0.3 is 17.9 Å². The van der Waals surface area contributed by atoms with E-state index in [4.69, 9.17) is 9.84 Å². The summed E-state index contributed by atoms with van der Waals surface area (Å²) >= 11 is 0. The number of carboxylic acid groups (broad SMARTS) is 2. The van der Waals surface area contributed by atoms with Crippen LogP contribution in [0.3, 0.4) is 0 Å². The molecule has 1 saturated heterocycles. The number of carbonyl (C=O) groups excluding carboxylic acids is 2. The molecule has 4 bridgehead atoms. The van der Waals surface area contributed by atoms with Gasteiger partial charge in [0.1, 0.15) is 11.0 Å². The number of nitrogens with one attached hydrogen (secondary N) is 1. The molecule has 1 spiro atoms. The van der Waals surface area contributed by atoms with Gasteiger partial charge in [0, 0.05) is 32.4 Å². The number of esters is 1. The van der Waals surface area contributed by atoms with Gasteiger partial charge in [-0.25, -0.2) is 5.01 Å². The molecule has 0 unspecified atom stereocenters. The van der Waals surface area contributed by atoms with Crippen LogP contribution in [0.1, 0.15) is 45.4 Å². The highest BCUT2D eigenvalue weighted by Crippen LogP contribution is 2.77. The third-order valence-electron chi connectivity index (χ3n) is 9.04. The fourth-order valence-corrected chi connectivity index (χ4v) is 7.66. The molecule has 5 aliphatic rings. The predicted octanol–water partition coefficient (Wildman–Crippen LogP) is 0.471. The molecule has 4 fully saturated rings. The molecule has 0 aromatic rings. The SMILES string of the molecule is C=C1C[C@]23C[C@@]1(O)CC[C@H]2[C@@]12C=C[C@H](O)[C@@](C)(C(=O)O1)[C@H]2[C@@H]3C(=O)O.CN(C)NC(=O)CCC(=O)O. The van der Waals surface area contributed by atoms with Crippen molar-refractivity contribution in [1.82, 2.24) is 10.4 Å². The maximum absolute atomic E-state index is 12.7. The molecule has 4 aliphatic carbocycles. The number of hydrogen-bond donors (Lipinski definition) is 5. The molecule has 5 rings (SSSR count). The molecular formula is C25H34N2O9. The Bertz CT molecular complexity index is 1060. The topological polar surface area (TPSA) is 174 Å². The van der Waals surface area contributed by atoms with Crippen LogP contribution in [0.2, 0.25) is 0 Å².